The molecule has 20 heavy (non-hydrogen) atoms. The Balaban J connectivity index is 2.04. The first kappa shape index (κ1) is 14.2. The summed E-state index contributed by atoms with van der Waals surface area (Å²) in [6.07, 6.45) is 9.63. The predicted molar refractivity (Wildman–Crippen MR) is 79.8 cm³/mol. The molecule has 104 valence electrons. The molecule has 2 heterocycles. The molecule has 0 unspecified atom stereocenters. The Morgan fingerprint density at radius 1 is 1.20 bits per heavy atom. The lowest BCUT2D eigenvalue weighted by molar-refractivity contribution is 0.410. The van der Waals surface area contributed by atoms with Crippen molar-refractivity contribution in [2.45, 2.75) is 33.6 Å². The minimum Gasteiger partial charge on any atom is -0.334 e. The van der Waals surface area contributed by atoms with Crippen molar-refractivity contribution in [2.75, 3.05) is 0 Å². The van der Waals surface area contributed by atoms with Crippen LogP contribution in [0.4, 0.5) is 0 Å². The number of rotatable bonds is 5. The van der Waals surface area contributed by atoms with Crippen LogP contribution >= 0.6 is 0 Å². The monoisotopic (exact) mass is 269 g/mol. The van der Waals surface area contributed by atoms with Gasteiger partial charge in [-0.05, 0) is 45.7 Å². The van der Waals surface area contributed by atoms with E-state index in [1.165, 1.54) is 11.1 Å². The van der Waals surface area contributed by atoms with E-state index in [2.05, 4.69) is 42.0 Å². The average molecular weight is 269 g/mol. The van der Waals surface area contributed by atoms with Gasteiger partial charge in [0.25, 0.3) is 5.89 Å². The lowest BCUT2D eigenvalue weighted by Crippen LogP contribution is -1.81. The van der Waals surface area contributed by atoms with E-state index >= 15 is 0 Å². The van der Waals surface area contributed by atoms with Gasteiger partial charge in [0, 0.05) is 24.0 Å². The third kappa shape index (κ3) is 4.16. The van der Waals surface area contributed by atoms with Gasteiger partial charge in [0.05, 0.1) is 0 Å². The maximum absolute atomic E-state index is 5.24. The molecule has 0 fully saturated rings. The first-order valence-electron chi connectivity index (χ1n) is 6.70. The van der Waals surface area contributed by atoms with Gasteiger partial charge in [0.15, 0.2) is 0 Å². The van der Waals surface area contributed by atoms with E-state index in [4.69, 9.17) is 4.52 Å². The van der Waals surface area contributed by atoms with E-state index in [0.717, 1.165) is 18.4 Å². The zero-order chi connectivity index (χ0) is 14.4. The second-order valence-electron chi connectivity index (χ2n) is 5.00. The van der Waals surface area contributed by atoms with Crippen molar-refractivity contribution < 1.29 is 4.52 Å². The van der Waals surface area contributed by atoms with Gasteiger partial charge in [-0.25, -0.2) is 0 Å². The van der Waals surface area contributed by atoms with E-state index in [1.54, 1.807) is 12.4 Å². The van der Waals surface area contributed by atoms with Crippen molar-refractivity contribution in [3.05, 3.63) is 47.6 Å². The fraction of sp³-hybridized carbons (Fsp3) is 0.312. The van der Waals surface area contributed by atoms with Crippen LogP contribution in [0.2, 0.25) is 0 Å². The molecule has 2 rings (SSSR count). The molecule has 4 nitrogen and oxygen atoms in total. The molecule has 0 spiro atoms. The lowest BCUT2D eigenvalue weighted by Gasteiger charge is -1.96. The fourth-order valence-electron chi connectivity index (χ4n) is 1.78. The summed E-state index contributed by atoms with van der Waals surface area (Å²) < 4.78 is 5.24. The SMILES string of the molecule is CC(C)=CCC/C(C)=C/c1nc(-c2ccncc2)no1. The summed E-state index contributed by atoms with van der Waals surface area (Å²) in [5.74, 6) is 1.14. The van der Waals surface area contributed by atoms with E-state index < -0.39 is 0 Å². The van der Waals surface area contributed by atoms with Crippen molar-refractivity contribution in [1.29, 1.82) is 0 Å². The van der Waals surface area contributed by atoms with E-state index in [1.807, 2.05) is 18.2 Å². The third-order valence-corrected chi connectivity index (χ3v) is 2.84. The molecule has 0 aliphatic heterocycles. The molecule has 0 bridgehead atoms. The summed E-state index contributed by atoms with van der Waals surface area (Å²) in [4.78, 5) is 8.34. The standard InChI is InChI=1S/C16H19N3O/c1-12(2)5-4-6-13(3)11-15-18-16(19-20-15)14-7-9-17-10-8-14/h5,7-11H,4,6H2,1-3H3/b13-11+. The molecule has 0 N–H and O–H groups in total. The van der Waals surface area contributed by atoms with Gasteiger partial charge >= 0.3 is 0 Å². The second-order valence-corrected chi connectivity index (χ2v) is 5.00. The molecule has 0 amide bonds. The van der Waals surface area contributed by atoms with Crippen LogP contribution in [0.1, 0.15) is 39.5 Å². The Bertz CT molecular complexity index is 608. The molecule has 0 saturated carbocycles. The molecule has 0 aliphatic rings. The highest BCUT2D eigenvalue weighted by Gasteiger charge is 2.06. The van der Waals surface area contributed by atoms with Gasteiger partial charge in [0.2, 0.25) is 5.82 Å². The Hall–Kier alpha value is -2.23. The maximum Gasteiger partial charge on any atom is 0.250 e. The highest BCUT2D eigenvalue weighted by atomic mass is 16.5. The molecule has 0 aliphatic carbocycles. The van der Waals surface area contributed by atoms with Crippen LogP contribution in [0.5, 0.6) is 0 Å². The number of nitrogens with zero attached hydrogens (tertiary/aromatic N) is 3. The predicted octanol–water partition coefficient (Wildman–Crippen LogP) is 4.28. The topological polar surface area (TPSA) is 51.8 Å². The Morgan fingerprint density at radius 3 is 2.65 bits per heavy atom. The first-order valence-corrected chi connectivity index (χ1v) is 6.70. The lowest BCUT2D eigenvalue weighted by atomic mass is 10.1. The van der Waals surface area contributed by atoms with Crippen LogP contribution in [-0.2, 0) is 0 Å². The number of hydrogen-bond acceptors (Lipinski definition) is 4. The molecule has 2 aromatic heterocycles. The fourth-order valence-corrected chi connectivity index (χ4v) is 1.78. The van der Waals surface area contributed by atoms with Gasteiger partial charge in [-0.3, -0.25) is 4.98 Å². The van der Waals surface area contributed by atoms with Gasteiger partial charge in [-0.2, -0.15) is 4.98 Å². The molecular weight excluding hydrogens is 250 g/mol. The van der Waals surface area contributed by atoms with Crippen molar-refractivity contribution >= 4 is 6.08 Å². The highest BCUT2D eigenvalue weighted by Crippen LogP contribution is 2.16. The zero-order valence-electron chi connectivity index (χ0n) is 12.1. The third-order valence-electron chi connectivity index (χ3n) is 2.84. The van der Waals surface area contributed by atoms with Crippen molar-refractivity contribution in [2.24, 2.45) is 0 Å². The van der Waals surface area contributed by atoms with Gasteiger partial charge in [0.1, 0.15) is 0 Å². The molecule has 0 aromatic carbocycles. The minimum absolute atomic E-state index is 0.548. The normalized spacial score (nSPS) is 11.4. The van der Waals surface area contributed by atoms with E-state index in [-0.39, 0.29) is 0 Å². The largest absolute Gasteiger partial charge is 0.334 e. The van der Waals surface area contributed by atoms with Crippen LogP contribution in [0.3, 0.4) is 0 Å². The molecule has 0 atom stereocenters. The first-order chi connectivity index (χ1) is 9.65. The van der Waals surface area contributed by atoms with Gasteiger partial charge in [-0.1, -0.05) is 22.4 Å². The summed E-state index contributed by atoms with van der Waals surface area (Å²) >= 11 is 0. The second kappa shape index (κ2) is 6.80. The van der Waals surface area contributed by atoms with Crippen molar-refractivity contribution in [3.63, 3.8) is 0 Å². The van der Waals surface area contributed by atoms with Crippen molar-refractivity contribution in [1.82, 2.24) is 15.1 Å². The Kier molecular flexibility index (Phi) is 4.82. The van der Waals surface area contributed by atoms with Crippen LogP contribution in [0.25, 0.3) is 17.5 Å². The molecule has 4 heteroatoms. The highest BCUT2D eigenvalue weighted by molar-refractivity contribution is 5.55. The molecule has 0 radical (unpaired) electrons. The van der Waals surface area contributed by atoms with Crippen LogP contribution in [0, 0.1) is 0 Å². The van der Waals surface area contributed by atoms with Crippen LogP contribution in [-0.4, -0.2) is 15.1 Å². The van der Waals surface area contributed by atoms with Gasteiger partial charge < -0.3 is 4.52 Å². The van der Waals surface area contributed by atoms with Gasteiger partial charge in [-0.15, -0.1) is 0 Å². The number of aromatic nitrogens is 3. The average Bonchev–Trinajstić information content (AvgIpc) is 2.88. The van der Waals surface area contributed by atoms with Crippen LogP contribution in [0.15, 0.2) is 46.3 Å². The molecular formula is C16H19N3O. The summed E-state index contributed by atoms with van der Waals surface area (Å²) in [7, 11) is 0. The maximum atomic E-state index is 5.24. The number of allylic oxidation sites excluding steroid dienone is 3. The summed E-state index contributed by atoms with van der Waals surface area (Å²) in [5, 5.41) is 3.98. The van der Waals surface area contributed by atoms with E-state index in [9.17, 15) is 0 Å². The summed E-state index contributed by atoms with van der Waals surface area (Å²) in [6, 6.07) is 3.72. The number of hydrogen-bond donors (Lipinski definition) is 0. The summed E-state index contributed by atoms with van der Waals surface area (Å²) in [6.45, 7) is 6.30. The quantitative estimate of drug-likeness (QED) is 0.760. The number of pyridine rings is 1. The zero-order valence-corrected chi connectivity index (χ0v) is 12.1. The van der Waals surface area contributed by atoms with Crippen molar-refractivity contribution in [3.8, 4) is 11.4 Å². The molecule has 0 saturated heterocycles. The summed E-state index contributed by atoms with van der Waals surface area (Å²) in [5.41, 5.74) is 3.48. The smallest absolute Gasteiger partial charge is 0.250 e. The molecule has 2 aromatic rings. The van der Waals surface area contributed by atoms with Crippen LogP contribution < -0.4 is 0 Å². The Morgan fingerprint density at radius 2 is 1.95 bits per heavy atom. The van der Waals surface area contributed by atoms with E-state index in [0.29, 0.717) is 11.7 Å². The Labute approximate surface area is 119 Å². The minimum atomic E-state index is 0.548.